The molecule has 0 radical (unpaired) electrons. The summed E-state index contributed by atoms with van der Waals surface area (Å²) in [5.41, 5.74) is 0. The molecule has 1 fully saturated rings. The molecular formula is C14H27O8+. The van der Waals surface area contributed by atoms with E-state index in [1.165, 1.54) is 0 Å². The molecule has 0 bridgehead atoms. The van der Waals surface area contributed by atoms with Gasteiger partial charge in [-0.2, -0.15) is 0 Å². The Morgan fingerprint density at radius 1 is 0.955 bits per heavy atom. The van der Waals surface area contributed by atoms with Gasteiger partial charge in [-0.3, -0.25) is 0 Å². The zero-order chi connectivity index (χ0) is 17.0. The topological polar surface area (TPSA) is 162 Å². The largest absolute Gasteiger partial charge is 0.392 e. The second-order valence-corrected chi connectivity index (χ2v) is 5.93. The first-order valence-electron chi connectivity index (χ1n) is 7.46. The lowest BCUT2D eigenvalue weighted by Crippen LogP contribution is -2.49. The molecule has 1 saturated carbocycles. The quantitative estimate of drug-likeness (QED) is 0.218. The molecule has 0 aromatic heterocycles. The van der Waals surface area contributed by atoms with E-state index in [0.717, 1.165) is 0 Å². The van der Waals surface area contributed by atoms with Crippen LogP contribution in [0.5, 0.6) is 0 Å². The minimum atomic E-state index is -1.74. The minimum Gasteiger partial charge on any atom is -0.392 e. The average molecular weight is 323 g/mol. The van der Waals surface area contributed by atoms with Gasteiger partial charge in [-0.25, -0.2) is 0 Å². The van der Waals surface area contributed by atoms with E-state index in [0.29, 0.717) is 5.92 Å². The van der Waals surface area contributed by atoms with Crippen molar-refractivity contribution < 1.29 is 40.9 Å². The summed E-state index contributed by atoms with van der Waals surface area (Å²) in [6, 6.07) is 0. The van der Waals surface area contributed by atoms with Crippen LogP contribution in [0.4, 0.5) is 0 Å². The molecule has 8 atom stereocenters. The number of hydrogen-bond donors (Lipinski definition) is 8. The van der Waals surface area contributed by atoms with Gasteiger partial charge in [0, 0.05) is 0 Å². The lowest BCUT2D eigenvalue weighted by molar-refractivity contribution is -0.134. The molecule has 0 heterocycles. The first kappa shape index (κ1) is 19.6. The third kappa shape index (κ3) is 4.30. The van der Waals surface area contributed by atoms with Gasteiger partial charge in [-0.15, -0.1) is 0 Å². The highest BCUT2D eigenvalue weighted by molar-refractivity contribution is 5.11. The minimum absolute atomic E-state index is 0.0758. The second-order valence-electron chi connectivity index (χ2n) is 5.93. The van der Waals surface area contributed by atoms with Crippen LogP contribution in [0.3, 0.4) is 0 Å². The summed E-state index contributed by atoms with van der Waals surface area (Å²) in [4.78, 5) is 0. The fraction of sp³-hybridized carbons (Fsp3) is 0.929. The standard InChI is InChI=1S/C14H27O8/c1-2-8(16)12(20)14(22)13(21)10(18)4-6-3-9(17)11(19)7(6)5-15/h7-22H,2-5H2,1H3/q+1/t7-,8+,9+,10+,11+,12+,13+,14+/m0/s1. The van der Waals surface area contributed by atoms with E-state index in [2.05, 4.69) is 0 Å². The van der Waals surface area contributed by atoms with Crippen LogP contribution in [0.2, 0.25) is 0 Å². The van der Waals surface area contributed by atoms with Crippen molar-refractivity contribution in [2.24, 2.45) is 5.92 Å². The first-order chi connectivity index (χ1) is 10.2. The fourth-order valence-electron chi connectivity index (χ4n) is 2.81. The Hall–Kier alpha value is -0.450. The SMILES string of the molecule is CC[C@@H](O)[C@@H](O)[C@@H](O)[C@H](O)[C@H](O)C[C+]1C[C@@H](O)[C@H](O)[C@H]1CO. The van der Waals surface area contributed by atoms with Crippen LogP contribution in [0.15, 0.2) is 0 Å². The Kier molecular flexibility index (Phi) is 7.50. The summed E-state index contributed by atoms with van der Waals surface area (Å²) in [5, 5.41) is 77.2. The Morgan fingerprint density at radius 2 is 1.50 bits per heavy atom. The van der Waals surface area contributed by atoms with Gasteiger partial charge >= 0.3 is 0 Å². The van der Waals surface area contributed by atoms with Crippen molar-refractivity contribution in [3.8, 4) is 0 Å². The van der Waals surface area contributed by atoms with Crippen LogP contribution >= 0.6 is 0 Å². The molecule has 0 aliphatic heterocycles. The van der Waals surface area contributed by atoms with Crippen LogP contribution in [0, 0.1) is 11.8 Å². The van der Waals surface area contributed by atoms with Crippen molar-refractivity contribution in [2.45, 2.75) is 68.9 Å². The molecule has 0 amide bonds. The highest BCUT2D eigenvalue weighted by Crippen LogP contribution is 2.37. The van der Waals surface area contributed by atoms with Crippen LogP contribution < -0.4 is 0 Å². The molecule has 8 heteroatoms. The van der Waals surface area contributed by atoms with Crippen LogP contribution in [-0.2, 0) is 0 Å². The maximum absolute atomic E-state index is 9.97. The zero-order valence-corrected chi connectivity index (χ0v) is 12.5. The second kappa shape index (κ2) is 8.42. The number of hydrogen-bond acceptors (Lipinski definition) is 8. The Balaban J connectivity index is 2.62. The normalized spacial score (nSPS) is 32.6. The van der Waals surface area contributed by atoms with Crippen molar-refractivity contribution >= 4 is 0 Å². The highest BCUT2D eigenvalue weighted by atomic mass is 16.4. The van der Waals surface area contributed by atoms with Gasteiger partial charge in [0.1, 0.15) is 55.4 Å². The van der Waals surface area contributed by atoms with Gasteiger partial charge in [-0.1, -0.05) is 6.92 Å². The van der Waals surface area contributed by atoms with E-state index in [9.17, 15) is 40.9 Å². The molecule has 0 spiro atoms. The van der Waals surface area contributed by atoms with Crippen molar-refractivity contribution in [1.29, 1.82) is 0 Å². The number of aliphatic hydroxyl groups is 8. The molecule has 0 unspecified atom stereocenters. The molecule has 1 aliphatic rings. The van der Waals surface area contributed by atoms with Gasteiger partial charge in [0.25, 0.3) is 0 Å². The first-order valence-corrected chi connectivity index (χ1v) is 7.46. The Labute approximate surface area is 129 Å². The van der Waals surface area contributed by atoms with E-state index < -0.39 is 55.3 Å². The van der Waals surface area contributed by atoms with Crippen molar-refractivity contribution in [3.05, 3.63) is 5.92 Å². The highest BCUT2D eigenvalue weighted by Gasteiger charge is 2.52. The van der Waals surface area contributed by atoms with E-state index in [4.69, 9.17) is 0 Å². The van der Waals surface area contributed by atoms with Gasteiger partial charge in [-0.05, 0) is 6.42 Å². The van der Waals surface area contributed by atoms with Crippen LogP contribution in [-0.4, -0.2) is 90.2 Å². The summed E-state index contributed by atoms with van der Waals surface area (Å²) in [7, 11) is 0. The summed E-state index contributed by atoms with van der Waals surface area (Å²) in [5.74, 6) is -0.230. The molecule has 0 aromatic rings. The van der Waals surface area contributed by atoms with Gasteiger partial charge in [0.05, 0.1) is 12.7 Å². The summed E-state index contributed by atoms with van der Waals surface area (Å²) in [6.45, 7) is 1.18. The summed E-state index contributed by atoms with van der Waals surface area (Å²) < 4.78 is 0. The lowest BCUT2D eigenvalue weighted by atomic mass is 9.87. The van der Waals surface area contributed by atoms with Crippen molar-refractivity contribution in [1.82, 2.24) is 0 Å². The smallest absolute Gasteiger partial charge is 0.152 e. The van der Waals surface area contributed by atoms with Gasteiger partial charge in [0.15, 0.2) is 5.92 Å². The van der Waals surface area contributed by atoms with E-state index in [-0.39, 0.29) is 19.3 Å². The third-order valence-corrected chi connectivity index (χ3v) is 4.38. The van der Waals surface area contributed by atoms with E-state index >= 15 is 0 Å². The van der Waals surface area contributed by atoms with Gasteiger partial charge < -0.3 is 40.9 Å². The van der Waals surface area contributed by atoms with Gasteiger partial charge in [0.2, 0.25) is 0 Å². The van der Waals surface area contributed by atoms with E-state index in [1.54, 1.807) is 6.92 Å². The molecule has 22 heavy (non-hydrogen) atoms. The molecular weight excluding hydrogens is 296 g/mol. The van der Waals surface area contributed by atoms with Crippen LogP contribution in [0.25, 0.3) is 0 Å². The molecule has 1 aliphatic carbocycles. The maximum Gasteiger partial charge on any atom is 0.152 e. The molecule has 0 aromatic carbocycles. The molecule has 8 N–H and O–H groups in total. The molecule has 130 valence electrons. The Bertz CT molecular complexity index is 328. The average Bonchev–Trinajstić information content (AvgIpc) is 2.77. The molecule has 8 nitrogen and oxygen atoms in total. The lowest BCUT2D eigenvalue weighted by Gasteiger charge is -2.28. The third-order valence-electron chi connectivity index (χ3n) is 4.38. The van der Waals surface area contributed by atoms with Crippen molar-refractivity contribution in [3.63, 3.8) is 0 Å². The maximum atomic E-state index is 9.97. The molecule has 1 rings (SSSR count). The van der Waals surface area contributed by atoms with Crippen LogP contribution in [0.1, 0.15) is 26.2 Å². The summed E-state index contributed by atoms with van der Waals surface area (Å²) >= 11 is 0. The predicted octanol–water partition coefficient (Wildman–Crippen LogP) is -3.10. The monoisotopic (exact) mass is 323 g/mol. The Morgan fingerprint density at radius 3 is 2.00 bits per heavy atom. The predicted molar refractivity (Wildman–Crippen MR) is 75.4 cm³/mol. The fourth-order valence-corrected chi connectivity index (χ4v) is 2.81. The van der Waals surface area contributed by atoms with Crippen molar-refractivity contribution in [2.75, 3.05) is 6.61 Å². The summed E-state index contributed by atoms with van der Waals surface area (Å²) in [6.07, 6.45) is -9.83. The number of rotatable bonds is 8. The number of aliphatic hydroxyl groups excluding tert-OH is 8. The zero-order valence-electron chi connectivity index (χ0n) is 12.5. The van der Waals surface area contributed by atoms with E-state index in [1.807, 2.05) is 0 Å². The molecule has 0 saturated heterocycles.